The molecule has 1 unspecified atom stereocenters. The second-order valence-corrected chi connectivity index (χ2v) is 6.26. The second kappa shape index (κ2) is 5.27. The number of phenols is 1. The number of amides is 1. The topological polar surface area (TPSA) is 49.3 Å². The molecule has 3 nitrogen and oxygen atoms in total. The maximum atomic E-state index is 12.0. The smallest absolute Gasteiger partial charge is 0.255 e. The summed E-state index contributed by atoms with van der Waals surface area (Å²) in [5.74, 6) is -0.441. The molecule has 0 radical (unpaired) electrons. The normalized spacial score (nSPS) is 13.2. The molecule has 0 heterocycles. The lowest BCUT2D eigenvalue weighted by molar-refractivity contribution is 0.0911. The summed E-state index contributed by atoms with van der Waals surface area (Å²) < 4.78 is 0. The average Bonchev–Trinajstić information content (AvgIpc) is 2.15. The number of nitrogens with one attached hydrogen (secondary N) is 1. The van der Waals surface area contributed by atoms with Gasteiger partial charge in [0.05, 0.1) is 5.56 Å². The lowest BCUT2D eigenvalue weighted by atomic mass is 10.0. The predicted octanol–water partition coefficient (Wildman–Crippen LogP) is 3.34. The van der Waals surface area contributed by atoms with E-state index in [4.69, 9.17) is 11.6 Å². The third-order valence-electron chi connectivity index (χ3n) is 2.63. The highest BCUT2D eigenvalue weighted by molar-refractivity contribution is 9.09. The van der Waals surface area contributed by atoms with Crippen LogP contribution in [-0.2, 0) is 0 Å². The van der Waals surface area contributed by atoms with Crippen molar-refractivity contribution in [2.75, 3.05) is 0 Å². The number of alkyl halides is 1. The molecule has 0 aliphatic rings. The number of carbonyl (C=O) groups is 1. The van der Waals surface area contributed by atoms with Crippen LogP contribution in [0.1, 0.15) is 31.1 Å². The molecule has 0 saturated carbocycles. The summed E-state index contributed by atoms with van der Waals surface area (Å²) in [5.41, 5.74) is -0.195. The van der Waals surface area contributed by atoms with E-state index in [9.17, 15) is 9.90 Å². The van der Waals surface area contributed by atoms with Crippen LogP contribution in [0, 0.1) is 0 Å². The molecule has 0 saturated heterocycles. The van der Waals surface area contributed by atoms with Gasteiger partial charge in [-0.15, -0.1) is 0 Å². The minimum atomic E-state index is -0.414. The van der Waals surface area contributed by atoms with Gasteiger partial charge in [-0.25, -0.2) is 0 Å². The first kappa shape index (κ1) is 14.3. The SMILES string of the molecule is CC(Br)C(C)(C)NC(=O)c1ccc(Cl)cc1O. The third-order valence-corrected chi connectivity index (χ3v) is 4.01. The number of halogens is 2. The van der Waals surface area contributed by atoms with Gasteiger partial charge in [-0.3, -0.25) is 4.79 Å². The molecule has 0 aliphatic heterocycles. The zero-order valence-corrected chi connectivity index (χ0v) is 12.3. The monoisotopic (exact) mass is 319 g/mol. The Balaban J connectivity index is 2.91. The summed E-state index contributed by atoms with van der Waals surface area (Å²) in [7, 11) is 0. The Hall–Kier alpha value is -0.740. The summed E-state index contributed by atoms with van der Waals surface area (Å²) in [6.07, 6.45) is 0. The van der Waals surface area contributed by atoms with Crippen molar-refractivity contribution in [3.05, 3.63) is 28.8 Å². The van der Waals surface area contributed by atoms with E-state index in [0.717, 1.165) is 0 Å². The lowest BCUT2D eigenvalue weighted by Gasteiger charge is -2.29. The Kier molecular flexibility index (Phi) is 4.44. The van der Waals surface area contributed by atoms with E-state index in [1.807, 2.05) is 20.8 Å². The summed E-state index contributed by atoms with van der Waals surface area (Å²) in [5, 5.41) is 12.9. The van der Waals surface area contributed by atoms with Crippen LogP contribution in [0.3, 0.4) is 0 Å². The molecular formula is C12H15BrClNO2. The molecule has 0 fully saturated rings. The van der Waals surface area contributed by atoms with Crippen molar-refractivity contribution in [1.29, 1.82) is 0 Å². The largest absolute Gasteiger partial charge is 0.507 e. The van der Waals surface area contributed by atoms with Crippen LogP contribution in [0.5, 0.6) is 5.75 Å². The van der Waals surface area contributed by atoms with Crippen LogP contribution in [0.25, 0.3) is 0 Å². The first-order valence-corrected chi connectivity index (χ1v) is 6.48. The Labute approximate surface area is 114 Å². The van der Waals surface area contributed by atoms with E-state index in [2.05, 4.69) is 21.2 Å². The van der Waals surface area contributed by atoms with Crippen molar-refractivity contribution >= 4 is 33.4 Å². The molecule has 1 aromatic carbocycles. The maximum absolute atomic E-state index is 12.0. The summed E-state index contributed by atoms with van der Waals surface area (Å²) in [4.78, 5) is 12.1. The van der Waals surface area contributed by atoms with E-state index in [1.165, 1.54) is 12.1 Å². The van der Waals surface area contributed by atoms with E-state index < -0.39 is 5.54 Å². The fraction of sp³-hybridized carbons (Fsp3) is 0.417. The molecule has 1 atom stereocenters. The fourth-order valence-corrected chi connectivity index (χ4v) is 1.44. The van der Waals surface area contributed by atoms with Gasteiger partial charge in [-0.1, -0.05) is 34.5 Å². The van der Waals surface area contributed by atoms with Crippen LogP contribution in [0.4, 0.5) is 0 Å². The Morgan fingerprint density at radius 3 is 2.59 bits per heavy atom. The number of aromatic hydroxyl groups is 1. The highest BCUT2D eigenvalue weighted by atomic mass is 79.9. The summed E-state index contributed by atoms with van der Waals surface area (Å²) in [6, 6.07) is 4.42. The van der Waals surface area contributed by atoms with E-state index in [1.54, 1.807) is 6.07 Å². The van der Waals surface area contributed by atoms with Gasteiger partial charge in [0.2, 0.25) is 0 Å². The molecule has 94 valence electrons. The predicted molar refractivity (Wildman–Crippen MR) is 73.1 cm³/mol. The molecule has 2 N–H and O–H groups in total. The van der Waals surface area contributed by atoms with Crippen molar-refractivity contribution in [2.45, 2.75) is 31.1 Å². The molecule has 17 heavy (non-hydrogen) atoms. The van der Waals surface area contributed by atoms with Crippen molar-refractivity contribution in [1.82, 2.24) is 5.32 Å². The van der Waals surface area contributed by atoms with Crippen LogP contribution in [0.2, 0.25) is 5.02 Å². The molecule has 1 amide bonds. The quantitative estimate of drug-likeness (QED) is 0.839. The number of benzene rings is 1. The van der Waals surface area contributed by atoms with Crippen LogP contribution in [-0.4, -0.2) is 21.4 Å². The van der Waals surface area contributed by atoms with Crippen LogP contribution >= 0.6 is 27.5 Å². The minimum absolute atomic E-state index is 0.105. The fourth-order valence-electron chi connectivity index (χ4n) is 1.16. The number of phenolic OH excluding ortho intramolecular Hbond substituents is 1. The van der Waals surface area contributed by atoms with Gasteiger partial charge in [0.15, 0.2) is 0 Å². The molecule has 0 aromatic heterocycles. The maximum Gasteiger partial charge on any atom is 0.255 e. The zero-order valence-electron chi connectivity index (χ0n) is 9.92. The van der Waals surface area contributed by atoms with Crippen molar-refractivity contribution in [2.24, 2.45) is 0 Å². The Morgan fingerprint density at radius 2 is 2.12 bits per heavy atom. The van der Waals surface area contributed by atoms with Gasteiger partial charge >= 0.3 is 0 Å². The van der Waals surface area contributed by atoms with E-state index >= 15 is 0 Å². The van der Waals surface area contributed by atoms with Gasteiger partial charge in [0, 0.05) is 15.4 Å². The zero-order chi connectivity index (χ0) is 13.2. The third kappa shape index (κ3) is 3.61. The number of hydrogen-bond acceptors (Lipinski definition) is 2. The minimum Gasteiger partial charge on any atom is -0.507 e. The van der Waals surface area contributed by atoms with Gasteiger partial charge in [0.1, 0.15) is 5.75 Å². The van der Waals surface area contributed by atoms with Gasteiger partial charge in [-0.05, 0) is 32.0 Å². The summed E-state index contributed by atoms with van der Waals surface area (Å²) >= 11 is 9.13. The molecule has 5 heteroatoms. The van der Waals surface area contributed by atoms with Crippen molar-refractivity contribution < 1.29 is 9.90 Å². The van der Waals surface area contributed by atoms with E-state index in [-0.39, 0.29) is 22.0 Å². The average molecular weight is 321 g/mol. The van der Waals surface area contributed by atoms with Crippen LogP contribution < -0.4 is 5.32 Å². The van der Waals surface area contributed by atoms with Crippen molar-refractivity contribution in [3.63, 3.8) is 0 Å². The van der Waals surface area contributed by atoms with E-state index in [0.29, 0.717) is 5.02 Å². The Morgan fingerprint density at radius 1 is 1.53 bits per heavy atom. The standard InChI is InChI=1S/C12H15BrClNO2/c1-7(13)12(2,3)15-11(17)9-5-4-8(14)6-10(9)16/h4-7,16H,1-3H3,(H,15,17). The van der Waals surface area contributed by atoms with Gasteiger partial charge in [0.25, 0.3) is 5.91 Å². The molecule has 1 rings (SSSR count). The lowest BCUT2D eigenvalue weighted by Crippen LogP contribution is -2.48. The highest BCUT2D eigenvalue weighted by Crippen LogP contribution is 2.23. The van der Waals surface area contributed by atoms with Gasteiger partial charge < -0.3 is 10.4 Å². The first-order valence-electron chi connectivity index (χ1n) is 5.19. The second-order valence-electron chi connectivity index (χ2n) is 4.45. The Bertz CT molecular complexity index is 433. The first-order chi connectivity index (χ1) is 7.74. The highest BCUT2D eigenvalue weighted by Gasteiger charge is 2.27. The summed E-state index contributed by atoms with van der Waals surface area (Å²) in [6.45, 7) is 5.75. The molecule has 0 spiro atoms. The molecule has 0 aliphatic carbocycles. The number of hydrogen-bond donors (Lipinski definition) is 2. The molecular weight excluding hydrogens is 305 g/mol. The molecule has 1 aromatic rings. The van der Waals surface area contributed by atoms with Crippen LogP contribution in [0.15, 0.2) is 18.2 Å². The number of carbonyl (C=O) groups excluding carboxylic acids is 1. The van der Waals surface area contributed by atoms with Crippen molar-refractivity contribution in [3.8, 4) is 5.75 Å². The van der Waals surface area contributed by atoms with Gasteiger partial charge in [-0.2, -0.15) is 0 Å². The number of rotatable bonds is 3. The molecule has 0 bridgehead atoms.